The van der Waals surface area contributed by atoms with Gasteiger partial charge >= 0.3 is 0 Å². The Balaban J connectivity index is 1.25. The van der Waals surface area contributed by atoms with Crippen LogP contribution in [-0.4, -0.2) is 0 Å². The molecule has 1 aromatic carbocycles. The molecule has 3 saturated carbocycles. The third kappa shape index (κ3) is 5.22. The Kier molecular flexibility index (Phi) is 6.85. The molecule has 0 nitrogen and oxygen atoms in total. The van der Waals surface area contributed by atoms with Crippen molar-refractivity contribution in [2.75, 3.05) is 0 Å². The van der Waals surface area contributed by atoms with E-state index < -0.39 is 0 Å². The standard InChI is InChI=1S/C28H44/c1-20-4-10-25(11-5-20)26-12-6-23(7-13-26)19-24-8-14-27(15-9-24)28-17-21(2)16-22(3)18-28/h8-9,14-15,20-23,25-26,28H,4-7,10-13,16-19H2,1-3H3. The van der Waals surface area contributed by atoms with E-state index in [2.05, 4.69) is 45.0 Å². The second-order valence-electron chi connectivity index (χ2n) is 11.4. The van der Waals surface area contributed by atoms with E-state index >= 15 is 0 Å². The summed E-state index contributed by atoms with van der Waals surface area (Å²) in [6, 6.07) is 9.88. The van der Waals surface area contributed by atoms with Crippen LogP contribution in [0.15, 0.2) is 24.3 Å². The van der Waals surface area contributed by atoms with Crippen molar-refractivity contribution >= 4 is 0 Å². The third-order valence-electron chi connectivity index (χ3n) is 8.77. The smallest absolute Gasteiger partial charge is 0.0157 e. The predicted molar refractivity (Wildman–Crippen MR) is 122 cm³/mol. The summed E-state index contributed by atoms with van der Waals surface area (Å²) in [5.41, 5.74) is 3.20. The summed E-state index contributed by atoms with van der Waals surface area (Å²) >= 11 is 0. The van der Waals surface area contributed by atoms with E-state index in [0.717, 1.165) is 41.4 Å². The molecule has 3 aliphatic rings. The molecule has 0 saturated heterocycles. The minimum absolute atomic E-state index is 0.807. The molecule has 0 aromatic heterocycles. The fraction of sp³-hybridized carbons (Fsp3) is 0.786. The van der Waals surface area contributed by atoms with Crippen LogP contribution in [0.1, 0.15) is 108 Å². The summed E-state index contributed by atoms with van der Waals surface area (Å²) in [5.74, 6) is 6.67. The fourth-order valence-electron chi connectivity index (χ4n) is 7.10. The van der Waals surface area contributed by atoms with Gasteiger partial charge in [0.15, 0.2) is 0 Å². The quantitative estimate of drug-likeness (QED) is 0.492. The molecule has 3 aliphatic carbocycles. The average Bonchev–Trinajstić information content (AvgIpc) is 2.69. The lowest BCUT2D eigenvalue weighted by Crippen LogP contribution is -2.25. The lowest BCUT2D eigenvalue weighted by molar-refractivity contribution is 0.150. The molecule has 0 spiro atoms. The number of hydrogen-bond acceptors (Lipinski definition) is 0. The van der Waals surface area contributed by atoms with Gasteiger partial charge in [-0.1, -0.05) is 57.9 Å². The molecule has 1 aromatic rings. The van der Waals surface area contributed by atoms with Gasteiger partial charge in [0, 0.05) is 0 Å². The predicted octanol–water partition coefficient (Wildman–Crippen LogP) is 8.40. The summed E-state index contributed by atoms with van der Waals surface area (Å²) in [6.45, 7) is 7.34. The Morgan fingerprint density at radius 2 is 1.14 bits per heavy atom. The molecule has 28 heavy (non-hydrogen) atoms. The summed E-state index contributed by atoms with van der Waals surface area (Å²) in [5, 5.41) is 0. The van der Waals surface area contributed by atoms with Crippen molar-refractivity contribution in [2.45, 2.75) is 104 Å². The second-order valence-corrected chi connectivity index (χ2v) is 11.4. The molecule has 0 aliphatic heterocycles. The molecule has 3 fully saturated rings. The molecule has 0 heterocycles. The van der Waals surface area contributed by atoms with Crippen LogP contribution < -0.4 is 0 Å². The highest BCUT2D eigenvalue weighted by atomic mass is 14.4. The van der Waals surface area contributed by atoms with Gasteiger partial charge < -0.3 is 0 Å². The topological polar surface area (TPSA) is 0 Å². The molecule has 4 rings (SSSR count). The normalized spacial score (nSPS) is 39.6. The summed E-state index contributed by atoms with van der Waals surface area (Å²) < 4.78 is 0. The number of rotatable bonds is 4. The maximum atomic E-state index is 2.47. The summed E-state index contributed by atoms with van der Waals surface area (Å²) in [6.07, 6.45) is 17.6. The van der Waals surface area contributed by atoms with Gasteiger partial charge in [-0.3, -0.25) is 0 Å². The number of hydrogen-bond donors (Lipinski definition) is 0. The van der Waals surface area contributed by atoms with Crippen LogP contribution in [0, 0.1) is 35.5 Å². The van der Waals surface area contributed by atoms with Gasteiger partial charge in [-0.2, -0.15) is 0 Å². The maximum Gasteiger partial charge on any atom is -0.0157 e. The van der Waals surface area contributed by atoms with Crippen molar-refractivity contribution in [1.29, 1.82) is 0 Å². The van der Waals surface area contributed by atoms with Gasteiger partial charge in [-0.25, -0.2) is 0 Å². The zero-order valence-electron chi connectivity index (χ0n) is 18.8. The average molecular weight is 381 g/mol. The first-order chi connectivity index (χ1) is 13.6. The van der Waals surface area contributed by atoms with E-state index in [1.165, 1.54) is 77.0 Å². The van der Waals surface area contributed by atoms with Crippen LogP contribution in [0.3, 0.4) is 0 Å². The van der Waals surface area contributed by atoms with Crippen LogP contribution in [0.4, 0.5) is 0 Å². The van der Waals surface area contributed by atoms with Gasteiger partial charge in [-0.15, -0.1) is 0 Å². The zero-order chi connectivity index (χ0) is 19.5. The van der Waals surface area contributed by atoms with Crippen LogP contribution in [0.2, 0.25) is 0 Å². The minimum Gasteiger partial charge on any atom is -0.0625 e. The Morgan fingerprint density at radius 1 is 0.607 bits per heavy atom. The van der Waals surface area contributed by atoms with Gasteiger partial charge in [0.25, 0.3) is 0 Å². The van der Waals surface area contributed by atoms with Crippen molar-refractivity contribution in [3.05, 3.63) is 35.4 Å². The lowest BCUT2D eigenvalue weighted by atomic mass is 9.69. The van der Waals surface area contributed by atoms with Crippen LogP contribution in [-0.2, 0) is 6.42 Å². The molecule has 0 amide bonds. The Morgan fingerprint density at radius 3 is 1.71 bits per heavy atom. The van der Waals surface area contributed by atoms with Crippen molar-refractivity contribution in [2.24, 2.45) is 35.5 Å². The molecule has 156 valence electrons. The van der Waals surface area contributed by atoms with E-state index in [1.807, 2.05) is 0 Å². The Labute approximate surface area is 174 Å². The van der Waals surface area contributed by atoms with Crippen molar-refractivity contribution in [1.82, 2.24) is 0 Å². The fourth-order valence-corrected chi connectivity index (χ4v) is 7.10. The first-order valence-corrected chi connectivity index (χ1v) is 12.7. The molecule has 0 bridgehead atoms. The van der Waals surface area contributed by atoms with E-state index in [4.69, 9.17) is 0 Å². The first kappa shape index (κ1) is 20.5. The largest absolute Gasteiger partial charge is 0.0625 e. The first-order valence-electron chi connectivity index (χ1n) is 12.7. The lowest BCUT2D eigenvalue weighted by Gasteiger charge is -2.37. The highest BCUT2D eigenvalue weighted by Crippen LogP contribution is 2.42. The summed E-state index contributed by atoms with van der Waals surface area (Å²) in [7, 11) is 0. The summed E-state index contributed by atoms with van der Waals surface area (Å²) in [4.78, 5) is 0. The monoisotopic (exact) mass is 380 g/mol. The minimum atomic E-state index is 0.807. The highest BCUT2D eigenvalue weighted by Gasteiger charge is 2.30. The van der Waals surface area contributed by atoms with Crippen LogP contribution in [0.25, 0.3) is 0 Å². The maximum absolute atomic E-state index is 2.47. The zero-order valence-corrected chi connectivity index (χ0v) is 18.8. The molecule has 2 atom stereocenters. The van der Waals surface area contributed by atoms with E-state index in [-0.39, 0.29) is 0 Å². The van der Waals surface area contributed by atoms with Crippen molar-refractivity contribution < 1.29 is 0 Å². The molecule has 2 unspecified atom stereocenters. The molecule has 0 radical (unpaired) electrons. The van der Waals surface area contributed by atoms with Gasteiger partial charge in [0.1, 0.15) is 0 Å². The second kappa shape index (κ2) is 9.36. The van der Waals surface area contributed by atoms with Gasteiger partial charge in [0.05, 0.1) is 0 Å². The molecule has 0 heteroatoms. The van der Waals surface area contributed by atoms with Crippen LogP contribution in [0.5, 0.6) is 0 Å². The Hall–Kier alpha value is -0.780. The van der Waals surface area contributed by atoms with Crippen molar-refractivity contribution in [3.8, 4) is 0 Å². The molecule has 0 N–H and O–H groups in total. The number of benzene rings is 1. The van der Waals surface area contributed by atoms with Crippen molar-refractivity contribution in [3.63, 3.8) is 0 Å². The third-order valence-corrected chi connectivity index (χ3v) is 8.77. The highest BCUT2D eigenvalue weighted by molar-refractivity contribution is 5.26. The molecular weight excluding hydrogens is 336 g/mol. The van der Waals surface area contributed by atoms with E-state index in [9.17, 15) is 0 Å². The Bertz CT molecular complexity index is 573. The SMILES string of the molecule is CC1CCC(C2CCC(Cc3ccc(C4CC(C)CC(C)C4)cc3)CC2)CC1. The van der Waals surface area contributed by atoms with Gasteiger partial charge in [-0.05, 0) is 117 Å². The van der Waals surface area contributed by atoms with Gasteiger partial charge in [0.2, 0.25) is 0 Å². The molecular formula is C28H44. The van der Waals surface area contributed by atoms with Crippen LogP contribution >= 0.6 is 0 Å². The van der Waals surface area contributed by atoms with E-state index in [0.29, 0.717) is 0 Å². The van der Waals surface area contributed by atoms with E-state index in [1.54, 1.807) is 11.1 Å².